The predicted octanol–water partition coefficient (Wildman–Crippen LogP) is 11.8. The van der Waals surface area contributed by atoms with Gasteiger partial charge in [-0.1, -0.05) is 146 Å². The smallest absolute Gasteiger partial charge is 0.164 e. The Balaban J connectivity index is 1.23. The molecule has 0 radical (unpaired) electrons. The molecule has 8 aromatic rings. The first kappa shape index (κ1) is 32.0. The van der Waals surface area contributed by atoms with Crippen molar-refractivity contribution in [2.75, 3.05) is 0 Å². The third kappa shape index (κ3) is 6.52. The summed E-state index contributed by atoms with van der Waals surface area (Å²) in [6, 6.07) is 52.2. The fourth-order valence-corrected chi connectivity index (χ4v) is 6.98. The molecule has 0 fully saturated rings. The van der Waals surface area contributed by atoms with Gasteiger partial charge >= 0.3 is 0 Å². The lowest BCUT2D eigenvalue weighted by Gasteiger charge is -2.15. The van der Waals surface area contributed by atoms with E-state index in [2.05, 4.69) is 108 Å². The largest absolute Gasteiger partial charge is 0.299 e. The molecule has 0 saturated heterocycles. The molecule has 0 aliphatic heterocycles. The molecule has 0 saturated carbocycles. The highest BCUT2D eigenvalue weighted by Gasteiger charge is 2.19. The molecule has 0 N–H and O–H groups in total. The molecule has 252 valence electrons. The SMILES string of the molecule is C=C1CC=CC=C(c2cc(-c3cccc(-c4nc5ccccn5c4-c4ccccc4)c3)cc(-c3nc(-c4ccccc4)nc(-c4ccccc4)n3)c2)C1. The normalized spacial score (nSPS) is 12.8. The van der Waals surface area contributed by atoms with Crippen LogP contribution in [0.15, 0.2) is 188 Å². The number of benzene rings is 5. The summed E-state index contributed by atoms with van der Waals surface area (Å²) in [4.78, 5) is 20.3. The maximum atomic E-state index is 5.16. The van der Waals surface area contributed by atoms with Gasteiger partial charge in [0.2, 0.25) is 0 Å². The Morgan fingerprint density at radius 3 is 1.72 bits per heavy atom. The summed E-state index contributed by atoms with van der Waals surface area (Å²) < 4.78 is 2.17. The van der Waals surface area contributed by atoms with E-state index in [0.29, 0.717) is 17.5 Å². The Morgan fingerprint density at radius 2 is 1.02 bits per heavy atom. The van der Waals surface area contributed by atoms with Gasteiger partial charge in [-0.2, -0.15) is 0 Å². The van der Waals surface area contributed by atoms with Crippen LogP contribution in [0.2, 0.25) is 0 Å². The van der Waals surface area contributed by atoms with Crippen molar-refractivity contribution in [2.45, 2.75) is 12.8 Å². The van der Waals surface area contributed by atoms with Crippen LogP contribution in [0.25, 0.3) is 79.0 Å². The van der Waals surface area contributed by atoms with Gasteiger partial charge in [0.1, 0.15) is 5.65 Å². The van der Waals surface area contributed by atoms with E-state index in [9.17, 15) is 0 Å². The molecule has 9 rings (SSSR count). The molecule has 3 heterocycles. The average Bonchev–Trinajstić information content (AvgIpc) is 3.48. The molecule has 5 aromatic carbocycles. The van der Waals surface area contributed by atoms with Crippen LogP contribution >= 0.6 is 0 Å². The fourth-order valence-electron chi connectivity index (χ4n) is 6.98. The Kier molecular flexibility index (Phi) is 8.43. The quantitative estimate of drug-likeness (QED) is 0.157. The number of hydrogen-bond donors (Lipinski definition) is 0. The summed E-state index contributed by atoms with van der Waals surface area (Å²) in [5.41, 5.74) is 13.5. The van der Waals surface area contributed by atoms with Crippen molar-refractivity contribution in [3.8, 4) is 67.8 Å². The van der Waals surface area contributed by atoms with Gasteiger partial charge in [-0.25, -0.2) is 19.9 Å². The Labute approximate surface area is 309 Å². The number of imidazole rings is 1. The van der Waals surface area contributed by atoms with Crippen LogP contribution in [0.4, 0.5) is 0 Å². The zero-order valence-electron chi connectivity index (χ0n) is 29.1. The van der Waals surface area contributed by atoms with Crippen LogP contribution in [0.5, 0.6) is 0 Å². The average molecular weight is 682 g/mol. The molecule has 5 nitrogen and oxygen atoms in total. The molecule has 0 spiro atoms. The van der Waals surface area contributed by atoms with E-state index in [1.165, 1.54) is 11.1 Å². The maximum absolute atomic E-state index is 5.16. The molecular weight excluding hydrogens is 647 g/mol. The van der Waals surface area contributed by atoms with Crippen molar-refractivity contribution < 1.29 is 0 Å². The van der Waals surface area contributed by atoms with Gasteiger partial charge in [0.15, 0.2) is 17.5 Å². The zero-order chi connectivity index (χ0) is 35.6. The Morgan fingerprint density at radius 1 is 0.472 bits per heavy atom. The number of hydrogen-bond acceptors (Lipinski definition) is 4. The Bertz CT molecular complexity index is 2610. The highest BCUT2D eigenvalue weighted by Crippen LogP contribution is 2.38. The van der Waals surface area contributed by atoms with Gasteiger partial charge in [0.25, 0.3) is 0 Å². The number of aromatic nitrogens is 5. The summed E-state index contributed by atoms with van der Waals surface area (Å²) >= 11 is 0. The highest BCUT2D eigenvalue weighted by molar-refractivity contribution is 5.86. The van der Waals surface area contributed by atoms with Gasteiger partial charge < -0.3 is 0 Å². The standard InChI is InChI=1S/C48H35N5/c1-33-16-11-12-23-37(28-33)40-30-41(32-42(31-40)48-51-46(35-19-7-3-8-20-35)50-47(52-48)36-21-9-4-10-22-36)38-24-15-25-39(29-38)44-45(34-17-5-2-6-18-34)53-27-14-13-26-43(53)49-44/h2-15,17-27,29-32H,1,16,28H2. The van der Waals surface area contributed by atoms with Gasteiger partial charge in [-0.05, 0) is 71.5 Å². The molecule has 0 amide bonds. The van der Waals surface area contributed by atoms with Crippen molar-refractivity contribution in [3.05, 3.63) is 194 Å². The third-order valence-corrected chi connectivity index (χ3v) is 9.59. The number of pyridine rings is 1. The van der Waals surface area contributed by atoms with E-state index >= 15 is 0 Å². The second-order valence-corrected chi connectivity index (χ2v) is 13.3. The summed E-state index contributed by atoms with van der Waals surface area (Å²) in [5.74, 6) is 1.88. The number of allylic oxidation sites excluding steroid dienone is 5. The van der Waals surface area contributed by atoms with E-state index in [0.717, 1.165) is 74.4 Å². The minimum atomic E-state index is 0.618. The lowest BCUT2D eigenvalue weighted by molar-refractivity contribution is 1.07. The summed E-state index contributed by atoms with van der Waals surface area (Å²) in [6.07, 6.45) is 10.3. The van der Waals surface area contributed by atoms with E-state index in [1.54, 1.807) is 0 Å². The van der Waals surface area contributed by atoms with Gasteiger partial charge in [0.05, 0.1) is 11.4 Å². The van der Waals surface area contributed by atoms with Gasteiger partial charge in [0, 0.05) is 34.0 Å². The minimum absolute atomic E-state index is 0.618. The predicted molar refractivity (Wildman–Crippen MR) is 217 cm³/mol. The molecule has 5 heteroatoms. The molecule has 0 bridgehead atoms. The van der Waals surface area contributed by atoms with E-state index < -0.39 is 0 Å². The summed E-state index contributed by atoms with van der Waals surface area (Å²) in [6.45, 7) is 4.36. The lowest BCUT2D eigenvalue weighted by Crippen LogP contribution is -2.01. The first-order valence-electron chi connectivity index (χ1n) is 17.8. The first-order valence-corrected chi connectivity index (χ1v) is 17.8. The van der Waals surface area contributed by atoms with E-state index in [1.807, 2.05) is 78.9 Å². The van der Waals surface area contributed by atoms with Crippen molar-refractivity contribution >= 4 is 11.2 Å². The second kappa shape index (κ2) is 14.0. The number of nitrogens with zero attached hydrogens (tertiary/aromatic N) is 5. The summed E-state index contributed by atoms with van der Waals surface area (Å²) in [7, 11) is 0. The minimum Gasteiger partial charge on any atom is -0.299 e. The van der Waals surface area contributed by atoms with Crippen molar-refractivity contribution in [1.82, 2.24) is 24.3 Å². The molecule has 1 aliphatic carbocycles. The second-order valence-electron chi connectivity index (χ2n) is 13.3. The third-order valence-electron chi connectivity index (χ3n) is 9.59. The van der Waals surface area contributed by atoms with Crippen LogP contribution in [-0.2, 0) is 0 Å². The molecular formula is C48H35N5. The van der Waals surface area contributed by atoms with Crippen LogP contribution in [-0.4, -0.2) is 24.3 Å². The maximum Gasteiger partial charge on any atom is 0.164 e. The van der Waals surface area contributed by atoms with Crippen molar-refractivity contribution in [1.29, 1.82) is 0 Å². The number of rotatable bonds is 7. The van der Waals surface area contributed by atoms with Crippen molar-refractivity contribution in [3.63, 3.8) is 0 Å². The topological polar surface area (TPSA) is 56.0 Å². The molecule has 53 heavy (non-hydrogen) atoms. The lowest BCUT2D eigenvalue weighted by atomic mass is 9.92. The highest BCUT2D eigenvalue weighted by atomic mass is 15.0. The molecule has 1 aliphatic rings. The van der Waals surface area contributed by atoms with Crippen LogP contribution in [0, 0.1) is 0 Å². The molecule has 3 aromatic heterocycles. The van der Waals surface area contributed by atoms with Crippen LogP contribution in [0.3, 0.4) is 0 Å². The molecule has 0 unspecified atom stereocenters. The monoisotopic (exact) mass is 681 g/mol. The molecule has 0 atom stereocenters. The van der Waals surface area contributed by atoms with Crippen LogP contribution < -0.4 is 0 Å². The summed E-state index contributed by atoms with van der Waals surface area (Å²) in [5, 5.41) is 0. The van der Waals surface area contributed by atoms with Gasteiger partial charge in [-0.3, -0.25) is 4.40 Å². The Hall–Kier alpha value is -6.98. The zero-order valence-corrected chi connectivity index (χ0v) is 29.1. The van der Waals surface area contributed by atoms with E-state index in [-0.39, 0.29) is 0 Å². The van der Waals surface area contributed by atoms with Gasteiger partial charge in [-0.15, -0.1) is 0 Å². The van der Waals surface area contributed by atoms with Crippen molar-refractivity contribution in [2.24, 2.45) is 0 Å². The first-order chi connectivity index (χ1) is 26.2. The van der Waals surface area contributed by atoms with E-state index in [4.69, 9.17) is 19.9 Å². The van der Waals surface area contributed by atoms with Crippen LogP contribution in [0.1, 0.15) is 18.4 Å². The fraction of sp³-hybridized carbons (Fsp3) is 0.0417. The number of fused-ring (bicyclic) bond motifs is 1.